The maximum absolute atomic E-state index is 12.5. The number of sulfonamides is 1. The smallest absolute Gasteiger partial charge is 0.262 e. The number of anilines is 1. The first-order chi connectivity index (χ1) is 9.83. The molecule has 0 aromatic heterocycles. The van der Waals surface area contributed by atoms with E-state index in [1.807, 2.05) is 19.1 Å². The highest BCUT2D eigenvalue weighted by molar-refractivity contribution is 9.10. The molecule has 0 aliphatic carbocycles. The van der Waals surface area contributed by atoms with Gasteiger partial charge in [0.05, 0.1) is 16.1 Å². The topological polar surface area (TPSA) is 70.0 Å². The zero-order valence-corrected chi connectivity index (χ0v) is 13.9. The molecule has 108 valence electrons. The average Bonchev–Trinajstić information content (AvgIpc) is 2.43. The van der Waals surface area contributed by atoms with Crippen LogP contribution in [0.15, 0.2) is 45.8 Å². The maximum atomic E-state index is 12.5. The van der Waals surface area contributed by atoms with Gasteiger partial charge in [0.15, 0.2) is 0 Å². The summed E-state index contributed by atoms with van der Waals surface area (Å²) in [6, 6.07) is 12.0. The van der Waals surface area contributed by atoms with Crippen LogP contribution in [0.3, 0.4) is 0 Å². The first-order valence-electron chi connectivity index (χ1n) is 6.13. The second-order valence-corrected chi connectivity index (χ2v) is 7.24. The van der Waals surface area contributed by atoms with Gasteiger partial charge in [0, 0.05) is 4.47 Å². The number of hydrogen-bond acceptors (Lipinski definition) is 3. The van der Waals surface area contributed by atoms with Crippen LogP contribution in [0.5, 0.6) is 0 Å². The SMILES string of the molecule is Cc1ccc(C)c(S(=O)(=O)Nc2ccc(Br)cc2C#N)c1. The van der Waals surface area contributed by atoms with Gasteiger partial charge in [0.2, 0.25) is 0 Å². The van der Waals surface area contributed by atoms with Gasteiger partial charge < -0.3 is 0 Å². The molecule has 0 saturated heterocycles. The summed E-state index contributed by atoms with van der Waals surface area (Å²) in [5, 5.41) is 9.10. The van der Waals surface area contributed by atoms with Gasteiger partial charge in [0.1, 0.15) is 6.07 Å². The van der Waals surface area contributed by atoms with Crippen LogP contribution in [0.25, 0.3) is 0 Å². The summed E-state index contributed by atoms with van der Waals surface area (Å²) in [5.41, 5.74) is 2.04. The summed E-state index contributed by atoms with van der Waals surface area (Å²) >= 11 is 3.25. The first-order valence-corrected chi connectivity index (χ1v) is 8.41. The maximum Gasteiger partial charge on any atom is 0.262 e. The van der Waals surface area contributed by atoms with Crippen molar-refractivity contribution in [2.75, 3.05) is 4.72 Å². The van der Waals surface area contributed by atoms with Gasteiger partial charge in [-0.2, -0.15) is 5.26 Å². The lowest BCUT2D eigenvalue weighted by molar-refractivity contribution is 0.600. The van der Waals surface area contributed by atoms with E-state index in [2.05, 4.69) is 20.7 Å². The Balaban J connectivity index is 2.48. The molecule has 1 N–H and O–H groups in total. The Morgan fingerprint density at radius 3 is 2.52 bits per heavy atom. The van der Waals surface area contributed by atoms with Gasteiger partial charge in [0.25, 0.3) is 10.0 Å². The molecule has 0 aliphatic rings. The fourth-order valence-electron chi connectivity index (χ4n) is 1.89. The lowest BCUT2D eigenvalue weighted by Crippen LogP contribution is -2.15. The van der Waals surface area contributed by atoms with Crippen molar-refractivity contribution < 1.29 is 8.42 Å². The molecule has 0 fully saturated rings. The standard InChI is InChI=1S/C15H13BrN2O2S/c1-10-3-4-11(2)15(7-10)21(19,20)18-14-6-5-13(16)8-12(14)9-17/h3-8,18H,1-2H3. The van der Waals surface area contributed by atoms with Crippen LogP contribution in [0, 0.1) is 25.2 Å². The molecule has 2 rings (SSSR count). The fourth-order valence-corrected chi connectivity index (χ4v) is 3.67. The molecule has 0 saturated carbocycles. The summed E-state index contributed by atoms with van der Waals surface area (Å²) in [4.78, 5) is 0.217. The molecule has 0 bridgehead atoms. The second kappa shape index (κ2) is 5.88. The zero-order valence-electron chi connectivity index (χ0n) is 11.5. The van der Waals surface area contributed by atoms with Crippen molar-refractivity contribution >= 4 is 31.6 Å². The third-order valence-electron chi connectivity index (χ3n) is 2.98. The minimum atomic E-state index is -3.73. The minimum Gasteiger partial charge on any atom is -0.278 e. The Hall–Kier alpha value is -1.84. The van der Waals surface area contributed by atoms with E-state index in [-0.39, 0.29) is 16.1 Å². The molecule has 0 aliphatic heterocycles. The average molecular weight is 365 g/mol. The number of halogens is 1. The molecule has 6 heteroatoms. The number of hydrogen-bond donors (Lipinski definition) is 1. The molecule has 0 radical (unpaired) electrons. The molecule has 21 heavy (non-hydrogen) atoms. The third kappa shape index (κ3) is 3.43. The van der Waals surface area contributed by atoms with Crippen LogP contribution in [-0.2, 0) is 10.0 Å². The summed E-state index contributed by atoms with van der Waals surface area (Å²) < 4.78 is 28.2. The molecular weight excluding hydrogens is 352 g/mol. The normalized spacial score (nSPS) is 11.0. The van der Waals surface area contributed by atoms with Crippen LogP contribution < -0.4 is 4.72 Å². The fraction of sp³-hybridized carbons (Fsp3) is 0.133. The Morgan fingerprint density at radius 1 is 1.14 bits per heavy atom. The number of aryl methyl sites for hydroxylation is 2. The van der Waals surface area contributed by atoms with E-state index in [1.165, 1.54) is 0 Å². The van der Waals surface area contributed by atoms with Crippen LogP contribution in [0.1, 0.15) is 16.7 Å². The van der Waals surface area contributed by atoms with Crippen molar-refractivity contribution in [3.05, 3.63) is 57.6 Å². The van der Waals surface area contributed by atoms with E-state index in [0.29, 0.717) is 10.0 Å². The van der Waals surface area contributed by atoms with Crippen LogP contribution >= 0.6 is 15.9 Å². The van der Waals surface area contributed by atoms with Crippen molar-refractivity contribution in [3.63, 3.8) is 0 Å². The third-order valence-corrected chi connectivity index (χ3v) is 4.98. The lowest BCUT2D eigenvalue weighted by Gasteiger charge is -2.12. The van der Waals surface area contributed by atoms with E-state index in [4.69, 9.17) is 5.26 Å². The Kier molecular flexibility index (Phi) is 4.35. The van der Waals surface area contributed by atoms with Gasteiger partial charge >= 0.3 is 0 Å². The number of rotatable bonds is 3. The van der Waals surface area contributed by atoms with Gasteiger partial charge in [-0.1, -0.05) is 28.1 Å². The predicted octanol–water partition coefficient (Wildman–Crippen LogP) is 3.74. The van der Waals surface area contributed by atoms with Gasteiger partial charge in [-0.25, -0.2) is 8.42 Å². The van der Waals surface area contributed by atoms with Crippen molar-refractivity contribution in [2.24, 2.45) is 0 Å². The Labute approximate surface area is 132 Å². The van der Waals surface area contributed by atoms with E-state index < -0.39 is 10.0 Å². The van der Waals surface area contributed by atoms with Crippen LogP contribution in [0.2, 0.25) is 0 Å². The summed E-state index contributed by atoms with van der Waals surface area (Å²) in [6.45, 7) is 3.57. The van der Waals surface area contributed by atoms with Crippen molar-refractivity contribution in [1.82, 2.24) is 0 Å². The highest BCUT2D eigenvalue weighted by Gasteiger charge is 2.18. The van der Waals surface area contributed by atoms with Crippen LogP contribution in [-0.4, -0.2) is 8.42 Å². The Morgan fingerprint density at radius 2 is 1.86 bits per heavy atom. The number of nitrogens with one attached hydrogen (secondary N) is 1. The summed E-state index contributed by atoms with van der Waals surface area (Å²) in [5.74, 6) is 0. The molecule has 0 unspecified atom stereocenters. The molecule has 0 spiro atoms. The van der Waals surface area contributed by atoms with Crippen molar-refractivity contribution in [2.45, 2.75) is 18.7 Å². The van der Waals surface area contributed by atoms with Crippen LogP contribution in [0.4, 0.5) is 5.69 Å². The molecule has 2 aromatic rings. The van der Waals surface area contributed by atoms with E-state index in [9.17, 15) is 8.42 Å². The number of nitriles is 1. The number of nitrogens with zero attached hydrogens (tertiary/aromatic N) is 1. The molecule has 0 heterocycles. The van der Waals surface area contributed by atoms with Crippen molar-refractivity contribution in [3.8, 4) is 6.07 Å². The largest absolute Gasteiger partial charge is 0.278 e. The Bertz CT molecular complexity index is 839. The highest BCUT2D eigenvalue weighted by atomic mass is 79.9. The highest BCUT2D eigenvalue weighted by Crippen LogP contribution is 2.25. The summed E-state index contributed by atoms with van der Waals surface area (Å²) in [6.07, 6.45) is 0. The predicted molar refractivity (Wildman–Crippen MR) is 85.6 cm³/mol. The first kappa shape index (κ1) is 15.5. The minimum absolute atomic E-state index is 0.217. The molecule has 0 atom stereocenters. The summed E-state index contributed by atoms with van der Waals surface area (Å²) in [7, 11) is -3.73. The van der Waals surface area contributed by atoms with Crippen molar-refractivity contribution in [1.29, 1.82) is 5.26 Å². The van der Waals surface area contributed by atoms with Gasteiger partial charge in [-0.05, 0) is 49.2 Å². The quantitative estimate of drug-likeness (QED) is 0.901. The molecular formula is C15H13BrN2O2S. The molecule has 0 amide bonds. The molecule has 2 aromatic carbocycles. The van der Waals surface area contributed by atoms with E-state index in [0.717, 1.165) is 5.56 Å². The van der Waals surface area contributed by atoms with Gasteiger partial charge in [-0.15, -0.1) is 0 Å². The number of benzene rings is 2. The molecule has 4 nitrogen and oxygen atoms in total. The van der Waals surface area contributed by atoms with E-state index >= 15 is 0 Å². The van der Waals surface area contributed by atoms with Gasteiger partial charge in [-0.3, -0.25) is 4.72 Å². The second-order valence-electron chi connectivity index (χ2n) is 4.68. The lowest BCUT2D eigenvalue weighted by atomic mass is 10.2. The monoisotopic (exact) mass is 364 g/mol. The van der Waals surface area contributed by atoms with E-state index in [1.54, 1.807) is 37.3 Å². The zero-order chi connectivity index (χ0) is 15.6.